The molecule has 0 unspecified atom stereocenters. The summed E-state index contributed by atoms with van der Waals surface area (Å²) >= 11 is 0. The first kappa shape index (κ1) is 34.7. The van der Waals surface area contributed by atoms with Crippen LogP contribution in [-0.2, 0) is 0 Å². The number of para-hydroxylation sites is 1. The van der Waals surface area contributed by atoms with Gasteiger partial charge in [0.15, 0.2) is 0 Å². The van der Waals surface area contributed by atoms with Crippen LogP contribution in [0.1, 0.15) is 92.0 Å². The van der Waals surface area contributed by atoms with E-state index in [2.05, 4.69) is 170 Å². The van der Waals surface area contributed by atoms with Gasteiger partial charge in [-0.1, -0.05) is 121 Å². The molecule has 0 aromatic heterocycles. The highest BCUT2D eigenvalue weighted by atomic mass is 15.2. The lowest BCUT2D eigenvalue weighted by atomic mass is 9.92. The number of allylic oxidation sites excluding steroid dienone is 2. The third-order valence-electron chi connectivity index (χ3n) is 11.5. The van der Waals surface area contributed by atoms with Crippen molar-refractivity contribution < 1.29 is 0 Å². The normalized spacial score (nSPS) is 14.6. The lowest BCUT2D eigenvalue weighted by Crippen LogP contribution is -2.16. The molecule has 8 rings (SSSR count). The zero-order valence-electron chi connectivity index (χ0n) is 31.7. The molecule has 2 aliphatic rings. The van der Waals surface area contributed by atoms with Crippen LogP contribution in [-0.4, -0.2) is 0 Å². The van der Waals surface area contributed by atoms with E-state index in [-0.39, 0.29) is 0 Å². The summed E-state index contributed by atoms with van der Waals surface area (Å²) in [6, 6.07) is 47.3. The molecule has 2 nitrogen and oxygen atoms in total. The first-order chi connectivity index (χ1) is 26.0. The molecule has 0 amide bonds. The molecule has 53 heavy (non-hydrogen) atoms. The molecule has 2 saturated carbocycles. The Bertz CT molecular complexity index is 2150. The molecule has 2 fully saturated rings. The number of hydrogen-bond acceptors (Lipinski definition) is 2. The summed E-state index contributed by atoms with van der Waals surface area (Å²) in [5, 5.41) is 2.47. The molecule has 0 aliphatic heterocycles. The van der Waals surface area contributed by atoms with Gasteiger partial charge in [-0.25, -0.2) is 0 Å². The van der Waals surface area contributed by atoms with E-state index in [4.69, 9.17) is 0 Å². The predicted molar refractivity (Wildman–Crippen MR) is 230 cm³/mol. The summed E-state index contributed by atoms with van der Waals surface area (Å²) < 4.78 is 0. The lowest BCUT2D eigenvalue weighted by Gasteiger charge is -2.34. The fourth-order valence-electron chi connectivity index (χ4n) is 8.53. The number of rotatable bonds is 8. The van der Waals surface area contributed by atoms with E-state index in [1.165, 1.54) is 126 Å². The molecule has 0 heterocycles. The van der Waals surface area contributed by atoms with Gasteiger partial charge in [0.25, 0.3) is 0 Å². The first-order valence-corrected chi connectivity index (χ1v) is 19.9. The van der Waals surface area contributed by atoms with Gasteiger partial charge in [0.05, 0.1) is 11.4 Å². The topological polar surface area (TPSA) is 6.48 Å². The summed E-state index contributed by atoms with van der Waals surface area (Å²) in [5.74, 6) is 0. The fourth-order valence-corrected chi connectivity index (χ4v) is 8.53. The molecular weight excluding hydrogens is 641 g/mol. The van der Waals surface area contributed by atoms with Crippen LogP contribution in [0.25, 0.3) is 22.9 Å². The van der Waals surface area contributed by atoms with Crippen LogP contribution in [0.5, 0.6) is 0 Å². The minimum atomic E-state index is 1.15. The van der Waals surface area contributed by atoms with Crippen molar-refractivity contribution in [2.45, 2.75) is 85.0 Å². The summed E-state index contributed by atoms with van der Waals surface area (Å²) in [5.41, 5.74) is 16.7. The van der Waals surface area contributed by atoms with Crippen molar-refractivity contribution in [2.24, 2.45) is 0 Å². The van der Waals surface area contributed by atoms with Crippen LogP contribution in [0.4, 0.5) is 34.1 Å². The van der Waals surface area contributed by atoms with Gasteiger partial charge in [-0.2, -0.15) is 0 Å². The van der Waals surface area contributed by atoms with Crippen LogP contribution in [0.15, 0.2) is 139 Å². The molecule has 6 aromatic rings. The Morgan fingerprint density at radius 2 is 0.736 bits per heavy atom. The predicted octanol–water partition coefficient (Wildman–Crippen LogP) is 15.4. The number of anilines is 6. The number of benzene rings is 6. The van der Waals surface area contributed by atoms with Crippen molar-refractivity contribution in [3.8, 4) is 0 Å². The molecule has 0 spiro atoms. The third kappa shape index (κ3) is 7.46. The van der Waals surface area contributed by atoms with Gasteiger partial charge in [-0.15, -0.1) is 0 Å². The molecule has 266 valence electrons. The van der Waals surface area contributed by atoms with E-state index in [9.17, 15) is 0 Å². The second kappa shape index (κ2) is 15.7. The molecule has 6 aromatic carbocycles. The van der Waals surface area contributed by atoms with Crippen LogP contribution < -0.4 is 9.80 Å². The van der Waals surface area contributed by atoms with E-state index in [0.29, 0.717) is 0 Å². The molecule has 0 N–H and O–H groups in total. The average Bonchev–Trinajstić information content (AvgIpc) is 3.21. The largest absolute Gasteiger partial charge is 0.310 e. The summed E-state index contributed by atoms with van der Waals surface area (Å²) in [6.45, 7) is 6.78. The Morgan fingerprint density at radius 1 is 0.377 bits per heavy atom. The lowest BCUT2D eigenvalue weighted by molar-refractivity contribution is 0.602. The summed E-state index contributed by atoms with van der Waals surface area (Å²) in [6.07, 6.45) is 17.8. The molecule has 2 heteroatoms. The van der Waals surface area contributed by atoms with E-state index < -0.39 is 0 Å². The van der Waals surface area contributed by atoms with Crippen molar-refractivity contribution in [1.82, 2.24) is 0 Å². The first-order valence-electron chi connectivity index (χ1n) is 19.9. The molecule has 0 radical (unpaired) electrons. The monoisotopic (exact) mass is 692 g/mol. The van der Waals surface area contributed by atoms with E-state index in [1.807, 2.05) is 0 Å². The quantitative estimate of drug-likeness (QED) is 0.157. The highest BCUT2D eigenvalue weighted by Gasteiger charge is 2.25. The zero-order chi connectivity index (χ0) is 36.1. The number of aryl methyl sites for hydroxylation is 1. The van der Waals surface area contributed by atoms with Gasteiger partial charge in [0, 0.05) is 33.5 Å². The Labute approximate surface area is 317 Å². The van der Waals surface area contributed by atoms with Gasteiger partial charge < -0.3 is 9.80 Å². The van der Waals surface area contributed by atoms with Crippen molar-refractivity contribution in [1.29, 1.82) is 0 Å². The summed E-state index contributed by atoms with van der Waals surface area (Å²) in [7, 11) is 0. The highest BCUT2D eigenvalue weighted by molar-refractivity contribution is 6.10. The molecule has 0 bridgehead atoms. The van der Waals surface area contributed by atoms with E-state index in [1.54, 1.807) is 11.1 Å². The molecule has 0 saturated heterocycles. The van der Waals surface area contributed by atoms with Crippen molar-refractivity contribution in [3.63, 3.8) is 0 Å². The number of nitrogens with zero attached hydrogens (tertiary/aromatic N) is 2. The number of hydrogen-bond donors (Lipinski definition) is 0. The Hall–Kier alpha value is -5.34. The Morgan fingerprint density at radius 3 is 1.15 bits per heavy atom. The van der Waals surface area contributed by atoms with E-state index in [0.717, 1.165) is 11.4 Å². The molecular formula is C51H52N2. The SMILES string of the molecule is Cc1ccc(N(c2ccccc2)c2c(C)c(C)c(N(c3ccc(C=C4CCCCC4)cc3)c3ccc(C=C4CCCCC4)cc3)c3ccccc23)cc1. The van der Waals surface area contributed by atoms with Gasteiger partial charge in [-0.05, 0) is 143 Å². The minimum absolute atomic E-state index is 1.15. The fraction of sp³-hybridized carbons (Fsp3) is 0.255. The Balaban J connectivity index is 1.30. The third-order valence-corrected chi connectivity index (χ3v) is 11.5. The Kier molecular flexibility index (Phi) is 10.3. The van der Waals surface area contributed by atoms with Crippen molar-refractivity contribution >= 4 is 57.0 Å². The van der Waals surface area contributed by atoms with E-state index >= 15 is 0 Å². The smallest absolute Gasteiger partial charge is 0.0573 e. The summed E-state index contributed by atoms with van der Waals surface area (Å²) in [4.78, 5) is 4.95. The molecule has 2 aliphatic carbocycles. The maximum absolute atomic E-state index is 2.50. The maximum atomic E-state index is 2.50. The highest BCUT2D eigenvalue weighted by Crippen LogP contribution is 2.49. The van der Waals surface area contributed by atoms with Crippen LogP contribution in [0, 0.1) is 20.8 Å². The van der Waals surface area contributed by atoms with Crippen LogP contribution >= 0.6 is 0 Å². The van der Waals surface area contributed by atoms with Gasteiger partial charge in [-0.3, -0.25) is 0 Å². The van der Waals surface area contributed by atoms with Gasteiger partial charge in [0.2, 0.25) is 0 Å². The van der Waals surface area contributed by atoms with Crippen LogP contribution in [0.2, 0.25) is 0 Å². The molecule has 0 atom stereocenters. The second-order valence-electron chi connectivity index (χ2n) is 15.2. The van der Waals surface area contributed by atoms with Crippen molar-refractivity contribution in [3.05, 3.63) is 166 Å². The second-order valence-corrected chi connectivity index (χ2v) is 15.2. The van der Waals surface area contributed by atoms with Crippen LogP contribution in [0.3, 0.4) is 0 Å². The number of fused-ring (bicyclic) bond motifs is 1. The standard InChI is InChI=1S/C51H52N2/c1-37-23-29-45(30-24-37)52(44-19-11-6-12-20-44)50-38(2)39(3)51(49-22-14-13-21-48(49)50)53(46-31-25-42(26-32-46)35-40-15-7-4-8-16-40)47-33-27-43(28-34-47)36-41-17-9-5-10-18-41/h6,11-14,19-36H,4-5,7-10,15-18H2,1-3H3. The average molecular weight is 693 g/mol. The minimum Gasteiger partial charge on any atom is -0.310 e. The zero-order valence-corrected chi connectivity index (χ0v) is 31.7. The van der Waals surface area contributed by atoms with Gasteiger partial charge >= 0.3 is 0 Å². The maximum Gasteiger partial charge on any atom is 0.0573 e. The van der Waals surface area contributed by atoms with Gasteiger partial charge in [0.1, 0.15) is 0 Å². The van der Waals surface area contributed by atoms with Crippen molar-refractivity contribution in [2.75, 3.05) is 9.80 Å².